The second-order valence-electron chi connectivity index (χ2n) is 5.75. The summed E-state index contributed by atoms with van der Waals surface area (Å²) in [6, 6.07) is 12.3. The van der Waals surface area contributed by atoms with Crippen molar-refractivity contribution in [2.24, 2.45) is 0 Å². The SMILES string of the molecule is COc1ccccc1C1CNCCN1Cc1cc(O)cc(F)c1. The first-order chi connectivity index (χ1) is 11.2. The number of benzene rings is 2. The number of aromatic hydroxyl groups is 1. The molecule has 2 aromatic rings. The molecule has 2 N–H and O–H groups in total. The van der Waals surface area contributed by atoms with Crippen LogP contribution in [0.4, 0.5) is 4.39 Å². The Hall–Kier alpha value is -2.11. The van der Waals surface area contributed by atoms with Gasteiger partial charge in [0.1, 0.15) is 17.3 Å². The Labute approximate surface area is 135 Å². The van der Waals surface area contributed by atoms with Crippen molar-refractivity contribution in [3.8, 4) is 11.5 Å². The van der Waals surface area contributed by atoms with Crippen LogP contribution in [0.1, 0.15) is 17.2 Å². The molecule has 0 spiro atoms. The van der Waals surface area contributed by atoms with Crippen molar-refractivity contribution in [3.63, 3.8) is 0 Å². The Morgan fingerprint density at radius 1 is 1.30 bits per heavy atom. The molecule has 1 unspecified atom stereocenters. The number of ether oxygens (including phenoxy) is 1. The average Bonchev–Trinajstić information content (AvgIpc) is 2.54. The molecule has 0 amide bonds. The van der Waals surface area contributed by atoms with Crippen LogP contribution in [0.3, 0.4) is 0 Å². The standard InChI is InChI=1S/C18H21FN2O2/c1-23-18-5-3-2-4-16(18)17-11-20-6-7-21(17)12-13-8-14(19)10-15(22)9-13/h2-5,8-10,17,20,22H,6-7,11-12H2,1H3. The van der Waals surface area contributed by atoms with Gasteiger partial charge in [0, 0.05) is 37.8 Å². The fourth-order valence-corrected chi connectivity index (χ4v) is 3.14. The summed E-state index contributed by atoms with van der Waals surface area (Å²) in [5.74, 6) is 0.404. The van der Waals surface area contributed by atoms with E-state index in [-0.39, 0.29) is 11.8 Å². The van der Waals surface area contributed by atoms with Crippen LogP contribution in [0.5, 0.6) is 11.5 Å². The van der Waals surface area contributed by atoms with Crippen molar-refractivity contribution >= 4 is 0 Å². The minimum absolute atomic E-state index is 0.0380. The highest BCUT2D eigenvalue weighted by molar-refractivity contribution is 5.37. The van der Waals surface area contributed by atoms with Gasteiger partial charge in [0.2, 0.25) is 0 Å². The maximum Gasteiger partial charge on any atom is 0.127 e. The topological polar surface area (TPSA) is 44.7 Å². The molecular formula is C18H21FN2O2. The monoisotopic (exact) mass is 316 g/mol. The van der Waals surface area contributed by atoms with Gasteiger partial charge in [0.05, 0.1) is 13.2 Å². The van der Waals surface area contributed by atoms with Gasteiger partial charge in [-0.1, -0.05) is 18.2 Å². The highest BCUT2D eigenvalue weighted by atomic mass is 19.1. The van der Waals surface area contributed by atoms with Gasteiger partial charge >= 0.3 is 0 Å². The molecule has 1 aliphatic heterocycles. The Bertz CT molecular complexity index is 658. The molecular weight excluding hydrogens is 295 g/mol. The third kappa shape index (κ3) is 3.63. The minimum Gasteiger partial charge on any atom is -0.508 e. The van der Waals surface area contributed by atoms with Crippen LogP contribution in [0, 0.1) is 5.82 Å². The maximum atomic E-state index is 13.5. The van der Waals surface area contributed by atoms with Crippen LogP contribution in [0.15, 0.2) is 42.5 Å². The van der Waals surface area contributed by atoms with E-state index in [1.54, 1.807) is 13.2 Å². The highest BCUT2D eigenvalue weighted by Gasteiger charge is 2.26. The number of nitrogens with zero attached hydrogens (tertiary/aromatic N) is 1. The van der Waals surface area contributed by atoms with Crippen molar-refractivity contribution in [1.82, 2.24) is 10.2 Å². The summed E-state index contributed by atoms with van der Waals surface area (Å²) in [4.78, 5) is 2.28. The summed E-state index contributed by atoms with van der Waals surface area (Å²) >= 11 is 0. The number of hydrogen-bond donors (Lipinski definition) is 2. The van der Waals surface area contributed by atoms with E-state index in [9.17, 15) is 9.50 Å². The number of phenolic OH excluding ortho intramolecular Hbond substituents is 1. The molecule has 23 heavy (non-hydrogen) atoms. The maximum absolute atomic E-state index is 13.5. The van der Waals surface area contributed by atoms with Crippen molar-refractivity contribution in [1.29, 1.82) is 0 Å². The first kappa shape index (κ1) is 15.8. The largest absolute Gasteiger partial charge is 0.508 e. The molecule has 1 aliphatic rings. The Morgan fingerprint density at radius 3 is 2.91 bits per heavy atom. The molecule has 3 rings (SSSR count). The predicted octanol–water partition coefficient (Wildman–Crippen LogP) is 2.69. The summed E-state index contributed by atoms with van der Waals surface area (Å²) in [5, 5.41) is 13.0. The minimum atomic E-state index is -0.413. The normalized spacial score (nSPS) is 18.8. The Morgan fingerprint density at radius 2 is 2.13 bits per heavy atom. The lowest BCUT2D eigenvalue weighted by Crippen LogP contribution is -2.45. The number of nitrogens with one attached hydrogen (secondary N) is 1. The van der Waals surface area contributed by atoms with E-state index in [0.29, 0.717) is 6.54 Å². The third-order valence-electron chi connectivity index (χ3n) is 4.18. The molecule has 0 saturated carbocycles. The molecule has 1 heterocycles. The van der Waals surface area contributed by atoms with Crippen LogP contribution < -0.4 is 10.1 Å². The molecule has 4 nitrogen and oxygen atoms in total. The van der Waals surface area contributed by atoms with Crippen LogP contribution in [0.25, 0.3) is 0 Å². The number of halogens is 1. The van der Waals surface area contributed by atoms with E-state index < -0.39 is 5.82 Å². The van der Waals surface area contributed by atoms with Gasteiger partial charge in [-0.15, -0.1) is 0 Å². The lowest BCUT2D eigenvalue weighted by molar-refractivity contribution is 0.151. The first-order valence-electron chi connectivity index (χ1n) is 7.73. The molecule has 0 aromatic heterocycles. The van der Waals surface area contributed by atoms with Crippen LogP contribution in [-0.4, -0.2) is 36.8 Å². The number of piperazine rings is 1. The predicted molar refractivity (Wildman–Crippen MR) is 87.1 cm³/mol. The fourth-order valence-electron chi connectivity index (χ4n) is 3.14. The molecule has 1 atom stereocenters. The smallest absolute Gasteiger partial charge is 0.127 e. The average molecular weight is 316 g/mol. The zero-order valence-electron chi connectivity index (χ0n) is 13.1. The van der Waals surface area contributed by atoms with E-state index in [2.05, 4.69) is 16.3 Å². The summed E-state index contributed by atoms with van der Waals surface area (Å²) in [6.45, 7) is 3.12. The van der Waals surface area contributed by atoms with Gasteiger partial charge in [-0.2, -0.15) is 0 Å². The van der Waals surface area contributed by atoms with E-state index >= 15 is 0 Å². The van der Waals surface area contributed by atoms with Gasteiger partial charge in [-0.3, -0.25) is 4.90 Å². The molecule has 122 valence electrons. The molecule has 1 fully saturated rings. The molecule has 1 saturated heterocycles. The van der Waals surface area contributed by atoms with Crippen LogP contribution >= 0.6 is 0 Å². The Balaban J connectivity index is 1.86. The molecule has 2 aromatic carbocycles. The van der Waals surface area contributed by atoms with Gasteiger partial charge < -0.3 is 15.2 Å². The summed E-state index contributed by atoms with van der Waals surface area (Å²) in [6.07, 6.45) is 0. The van der Waals surface area contributed by atoms with Crippen LogP contribution in [-0.2, 0) is 6.54 Å². The zero-order valence-corrected chi connectivity index (χ0v) is 13.1. The first-order valence-corrected chi connectivity index (χ1v) is 7.73. The number of phenols is 1. The molecule has 0 bridgehead atoms. The molecule has 0 radical (unpaired) electrons. The molecule has 0 aliphatic carbocycles. The lowest BCUT2D eigenvalue weighted by Gasteiger charge is -2.37. The summed E-state index contributed by atoms with van der Waals surface area (Å²) in [7, 11) is 1.67. The van der Waals surface area contributed by atoms with Crippen molar-refractivity contribution in [3.05, 3.63) is 59.4 Å². The van der Waals surface area contributed by atoms with Crippen molar-refractivity contribution < 1.29 is 14.2 Å². The number of methoxy groups -OCH3 is 1. The number of hydrogen-bond acceptors (Lipinski definition) is 4. The van der Waals surface area contributed by atoms with Gasteiger partial charge in [-0.25, -0.2) is 4.39 Å². The zero-order chi connectivity index (χ0) is 16.2. The highest BCUT2D eigenvalue weighted by Crippen LogP contribution is 2.31. The van der Waals surface area contributed by atoms with Gasteiger partial charge in [0.25, 0.3) is 0 Å². The number of rotatable bonds is 4. The van der Waals surface area contributed by atoms with E-state index in [4.69, 9.17) is 4.74 Å². The van der Waals surface area contributed by atoms with E-state index in [1.165, 1.54) is 6.07 Å². The number of para-hydroxylation sites is 1. The van der Waals surface area contributed by atoms with Gasteiger partial charge in [0.15, 0.2) is 0 Å². The van der Waals surface area contributed by atoms with E-state index in [0.717, 1.165) is 42.6 Å². The molecule has 5 heteroatoms. The van der Waals surface area contributed by atoms with Crippen molar-refractivity contribution in [2.75, 3.05) is 26.7 Å². The third-order valence-corrected chi connectivity index (χ3v) is 4.18. The summed E-state index contributed by atoms with van der Waals surface area (Å²) < 4.78 is 19.0. The second kappa shape index (κ2) is 6.98. The van der Waals surface area contributed by atoms with Crippen molar-refractivity contribution in [2.45, 2.75) is 12.6 Å². The summed E-state index contributed by atoms with van der Waals surface area (Å²) in [5.41, 5.74) is 1.88. The van der Waals surface area contributed by atoms with Gasteiger partial charge in [-0.05, 0) is 23.8 Å². The lowest BCUT2D eigenvalue weighted by atomic mass is 10.0. The Kier molecular flexibility index (Phi) is 4.79. The van der Waals surface area contributed by atoms with E-state index in [1.807, 2.05) is 18.2 Å². The fraction of sp³-hybridized carbons (Fsp3) is 0.333. The second-order valence-corrected chi connectivity index (χ2v) is 5.75. The van der Waals surface area contributed by atoms with Crippen LogP contribution in [0.2, 0.25) is 0 Å². The quantitative estimate of drug-likeness (QED) is 0.910.